The highest BCUT2D eigenvalue weighted by Gasteiger charge is 2.10. The number of nitrogens with zero attached hydrogens (tertiary/aromatic N) is 3. The number of rotatable bonds is 5. The molecule has 0 spiro atoms. The molecule has 5 nitrogen and oxygen atoms in total. The van der Waals surface area contributed by atoms with Gasteiger partial charge in [0.1, 0.15) is 5.82 Å². The highest BCUT2D eigenvalue weighted by Crippen LogP contribution is 2.13. The van der Waals surface area contributed by atoms with Gasteiger partial charge in [-0.3, -0.25) is 4.68 Å². The van der Waals surface area contributed by atoms with Crippen LogP contribution in [0.15, 0.2) is 36.7 Å². The Balaban J connectivity index is 1.91. The zero-order valence-electron chi connectivity index (χ0n) is 10.7. The van der Waals surface area contributed by atoms with Crippen LogP contribution in [0, 0.1) is 5.82 Å². The Morgan fingerprint density at radius 2 is 2.11 bits per heavy atom. The summed E-state index contributed by atoms with van der Waals surface area (Å²) in [5, 5.41) is 14.0. The number of anilines is 2. The first-order chi connectivity index (χ1) is 9.04. The maximum absolute atomic E-state index is 12.8. The summed E-state index contributed by atoms with van der Waals surface area (Å²) >= 11 is 0. The summed E-state index contributed by atoms with van der Waals surface area (Å²) < 4.78 is 14.4. The number of hydrogen-bond donors (Lipinski definition) is 2. The SMILES string of the molecule is CN(CC(O)Cn1cc(N)cn1)c1ccc(F)cc1. The lowest BCUT2D eigenvalue weighted by atomic mass is 10.2. The van der Waals surface area contributed by atoms with Gasteiger partial charge in [-0.25, -0.2) is 4.39 Å². The van der Waals surface area contributed by atoms with Gasteiger partial charge in [0.2, 0.25) is 0 Å². The molecule has 0 radical (unpaired) electrons. The molecule has 0 bridgehead atoms. The minimum atomic E-state index is -0.589. The summed E-state index contributed by atoms with van der Waals surface area (Å²) in [5.74, 6) is -0.273. The summed E-state index contributed by atoms with van der Waals surface area (Å²) in [7, 11) is 1.84. The molecule has 1 aromatic heterocycles. The third kappa shape index (κ3) is 3.69. The van der Waals surface area contributed by atoms with Gasteiger partial charge < -0.3 is 15.7 Å². The molecule has 2 aromatic rings. The molecule has 2 rings (SSSR count). The minimum absolute atomic E-state index is 0.273. The maximum atomic E-state index is 12.8. The third-order valence-electron chi connectivity index (χ3n) is 2.80. The van der Waals surface area contributed by atoms with E-state index in [4.69, 9.17) is 5.73 Å². The van der Waals surface area contributed by atoms with Gasteiger partial charge in [0.15, 0.2) is 0 Å². The monoisotopic (exact) mass is 264 g/mol. The van der Waals surface area contributed by atoms with Crippen LogP contribution >= 0.6 is 0 Å². The minimum Gasteiger partial charge on any atom is -0.396 e. The zero-order valence-corrected chi connectivity index (χ0v) is 10.7. The Morgan fingerprint density at radius 1 is 1.42 bits per heavy atom. The molecule has 0 saturated carbocycles. The fourth-order valence-corrected chi connectivity index (χ4v) is 1.87. The van der Waals surface area contributed by atoms with Gasteiger partial charge in [0.05, 0.1) is 24.5 Å². The van der Waals surface area contributed by atoms with E-state index in [9.17, 15) is 9.50 Å². The summed E-state index contributed by atoms with van der Waals surface area (Å²) in [5.41, 5.74) is 6.97. The molecular formula is C13H17FN4O. The number of aliphatic hydroxyl groups excluding tert-OH is 1. The van der Waals surface area contributed by atoms with Crippen molar-refractivity contribution in [1.82, 2.24) is 9.78 Å². The summed E-state index contributed by atoms with van der Waals surface area (Å²) in [6, 6.07) is 6.14. The Bertz CT molecular complexity index is 526. The van der Waals surface area contributed by atoms with Crippen molar-refractivity contribution in [2.24, 2.45) is 0 Å². The van der Waals surface area contributed by atoms with Gasteiger partial charge in [-0.05, 0) is 24.3 Å². The predicted molar refractivity (Wildman–Crippen MR) is 72.3 cm³/mol. The largest absolute Gasteiger partial charge is 0.396 e. The predicted octanol–water partition coefficient (Wildman–Crippen LogP) is 1.10. The van der Waals surface area contributed by atoms with Crippen molar-refractivity contribution in [2.45, 2.75) is 12.6 Å². The molecule has 19 heavy (non-hydrogen) atoms. The zero-order chi connectivity index (χ0) is 13.8. The standard InChI is InChI=1S/C13H17FN4O/c1-17(12-4-2-10(14)3-5-12)8-13(19)9-18-7-11(15)6-16-18/h2-7,13,19H,8-9,15H2,1H3. The number of aromatic nitrogens is 2. The van der Waals surface area contributed by atoms with E-state index in [2.05, 4.69) is 5.10 Å². The van der Waals surface area contributed by atoms with Crippen LogP contribution in [-0.4, -0.2) is 34.6 Å². The van der Waals surface area contributed by atoms with Crippen molar-refractivity contribution in [2.75, 3.05) is 24.2 Å². The van der Waals surface area contributed by atoms with Crippen LogP contribution in [0.1, 0.15) is 0 Å². The molecule has 0 fully saturated rings. The highest BCUT2D eigenvalue weighted by molar-refractivity contribution is 5.45. The van der Waals surface area contributed by atoms with Crippen molar-refractivity contribution in [3.63, 3.8) is 0 Å². The first-order valence-electron chi connectivity index (χ1n) is 5.97. The molecule has 6 heteroatoms. The van der Waals surface area contributed by atoms with Crippen molar-refractivity contribution >= 4 is 11.4 Å². The van der Waals surface area contributed by atoms with E-state index < -0.39 is 6.10 Å². The molecule has 1 heterocycles. The van der Waals surface area contributed by atoms with Crippen molar-refractivity contribution in [3.05, 3.63) is 42.5 Å². The maximum Gasteiger partial charge on any atom is 0.123 e. The lowest BCUT2D eigenvalue weighted by Gasteiger charge is -2.22. The average molecular weight is 264 g/mol. The summed E-state index contributed by atoms with van der Waals surface area (Å²) in [4.78, 5) is 1.86. The van der Waals surface area contributed by atoms with E-state index in [0.717, 1.165) is 5.69 Å². The van der Waals surface area contributed by atoms with Crippen molar-refractivity contribution < 1.29 is 9.50 Å². The molecule has 0 amide bonds. The first kappa shape index (κ1) is 13.4. The molecule has 0 saturated heterocycles. The van der Waals surface area contributed by atoms with E-state index in [1.165, 1.54) is 18.3 Å². The molecule has 102 valence electrons. The first-order valence-corrected chi connectivity index (χ1v) is 5.97. The lowest BCUT2D eigenvalue weighted by Crippen LogP contribution is -2.32. The fraction of sp³-hybridized carbons (Fsp3) is 0.308. The number of nitrogens with two attached hydrogens (primary N) is 1. The second-order valence-corrected chi connectivity index (χ2v) is 4.51. The van der Waals surface area contributed by atoms with Crippen LogP contribution in [0.25, 0.3) is 0 Å². The van der Waals surface area contributed by atoms with Crippen LogP contribution in [-0.2, 0) is 6.54 Å². The lowest BCUT2D eigenvalue weighted by molar-refractivity contribution is 0.156. The number of hydrogen-bond acceptors (Lipinski definition) is 4. The Hall–Kier alpha value is -2.08. The van der Waals surface area contributed by atoms with Crippen LogP contribution < -0.4 is 10.6 Å². The van der Waals surface area contributed by atoms with E-state index in [1.54, 1.807) is 23.0 Å². The Kier molecular flexibility index (Phi) is 4.01. The number of halogens is 1. The molecule has 1 aromatic carbocycles. The van der Waals surface area contributed by atoms with E-state index in [0.29, 0.717) is 18.8 Å². The van der Waals surface area contributed by atoms with Crippen LogP contribution in [0.2, 0.25) is 0 Å². The second kappa shape index (κ2) is 5.71. The van der Waals surface area contributed by atoms with Crippen molar-refractivity contribution in [1.29, 1.82) is 0 Å². The van der Waals surface area contributed by atoms with Gasteiger partial charge in [-0.15, -0.1) is 0 Å². The van der Waals surface area contributed by atoms with E-state index in [1.807, 2.05) is 11.9 Å². The van der Waals surface area contributed by atoms with Gasteiger partial charge in [-0.1, -0.05) is 0 Å². The smallest absolute Gasteiger partial charge is 0.123 e. The number of aliphatic hydroxyl groups is 1. The van der Waals surface area contributed by atoms with E-state index in [-0.39, 0.29) is 5.82 Å². The number of benzene rings is 1. The molecule has 0 aliphatic rings. The normalized spacial score (nSPS) is 12.4. The quantitative estimate of drug-likeness (QED) is 0.848. The van der Waals surface area contributed by atoms with Gasteiger partial charge in [0.25, 0.3) is 0 Å². The summed E-state index contributed by atoms with van der Waals surface area (Å²) in [6.07, 6.45) is 2.62. The average Bonchev–Trinajstić information content (AvgIpc) is 2.75. The van der Waals surface area contributed by atoms with E-state index >= 15 is 0 Å². The van der Waals surface area contributed by atoms with Gasteiger partial charge in [-0.2, -0.15) is 5.10 Å². The third-order valence-corrected chi connectivity index (χ3v) is 2.80. The molecule has 0 aliphatic carbocycles. The van der Waals surface area contributed by atoms with Crippen molar-refractivity contribution in [3.8, 4) is 0 Å². The fourth-order valence-electron chi connectivity index (χ4n) is 1.87. The van der Waals surface area contributed by atoms with Crippen LogP contribution in [0.4, 0.5) is 15.8 Å². The highest BCUT2D eigenvalue weighted by atomic mass is 19.1. The molecule has 1 unspecified atom stereocenters. The summed E-state index contributed by atoms with van der Waals surface area (Å²) in [6.45, 7) is 0.786. The molecule has 0 aliphatic heterocycles. The van der Waals surface area contributed by atoms with Gasteiger partial charge in [0, 0.05) is 25.5 Å². The Morgan fingerprint density at radius 3 is 2.68 bits per heavy atom. The number of nitrogen functional groups attached to an aromatic ring is 1. The molecule has 3 N–H and O–H groups in total. The van der Waals surface area contributed by atoms with Crippen LogP contribution in [0.5, 0.6) is 0 Å². The topological polar surface area (TPSA) is 67.3 Å². The Labute approximate surface area is 111 Å². The second-order valence-electron chi connectivity index (χ2n) is 4.51. The number of likely N-dealkylation sites (N-methyl/N-ethyl adjacent to an activating group) is 1. The molecule has 1 atom stereocenters. The van der Waals surface area contributed by atoms with Gasteiger partial charge >= 0.3 is 0 Å². The molecular weight excluding hydrogens is 247 g/mol. The van der Waals surface area contributed by atoms with Crippen LogP contribution in [0.3, 0.4) is 0 Å².